The van der Waals surface area contributed by atoms with E-state index in [1.165, 1.54) is 12.1 Å². The lowest BCUT2D eigenvalue weighted by Crippen LogP contribution is -2.51. The summed E-state index contributed by atoms with van der Waals surface area (Å²) in [6.45, 7) is 2.67. The first-order valence-corrected chi connectivity index (χ1v) is 9.76. The highest BCUT2D eigenvalue weighted by Crippen LogP contribution is 2.23. The molecule has 23 heavy (non-hydrogen) atoms. The van der Waals surface area contributed by atoms with E-state index in [1.807, 2.05) is 4.90 Å². The minimum atomic E-state index is -2.94. The molecular weight excluding hydrogens is 319 g/mol. The molecule has 2 heterocycles. The second-order valence-corrected chi connectivity index (χ2v) is 8.52. The molecule has 2 fully saturated rings. The van der Waals surface area contributed by atoms with Crippen molar-refractivity contribution in [1.82, 2.24) is 4.90 Å². The maximum absolute atomic E-state index is 13.0. The lowest BCUT2D eigenvalue weighted by atomic mass is 10.0. The van der Waals surface area contributed by atoms with E-state index in [4.69, 9.17) is 0 Å². The fourth-order valence-corrected chi connectivity index (χ4v) is 4.72. The summed E-state index contributed by atoms with van der Waals surface area (Å²) in [6.07, 6.45) is 0.888. The van der Waals surface area contributed by atoms with Crippen molar-refractivity contribution < 1.29 is 17.6 Å². The highest BCUT2D eigenvalue weighted by Gasteiger charge is 2.32. The summed E-state index contributed by atoms with van der Waals surface area (Å²) in [5, 5.41) is 0. The molecule has 0 unspecified atom stereocenters. The van der Waals surface area contributed by atoms with Crippen LogP contribution in [0.1, 0.15) is 12.8 Å². The Hall–Kier alpha value is -1.63. The molecule has 2 saturated heterocycles. The third kappa shape index (κ3) is 3.83. The number of halogens is 1. The number of carbonyl (C=O) groups excluding carboxylic acids is 1. The lowest BCUT2D eigenvalue weighted by Gasteiger charge is -2.38. The van der Waals surface area contributed by atoms with Crippen molar-refractivity contribution in [3.8, 4) is 0 Å². The van der Waals surface area contributed by atoms with Gasteiger partial charge in [-0.25, -0.2) is 12.8 Å². The normalized spacial score (nSPS) is 22.1. The highest BCUT2D eigenvalue weighted by molar-refractivity contribution is 7.91. The molecule has 1 amide bonds. The van der Waals surface area contributed by atoms with Crippen LogP contribution in [0.3, 0.4) is 0 Å². The topological polar surface area (TPSA) is 57.7 Å². The quantitative estimate of drug-likeness (QED) is 0.814. The van der Waals surface area contributed by atoms with E-state index in [2.05, 4.69) is 4.90 Å². The molecule has 1 aromatic rings. The van der Waals surface area contributed by atoms with E-state index in [-0.39, 0.29) is 29.1 Å². The van der Waals surface area contributed by atoms with Gasteiger partial charge in [0.1, 0.15) is 15.7 Å². The van der Waals surface area contributed by atoms with Gasteiger partial charge < -0.3 is 9.80 Å². The van der Waals surface area contributed by atoms with Crippen molar-refractivity contribution >= 4 is 21.4 Å². The monoisotopic (exact) mass is 340 g/mol. The Morgan fingerprint density at radius 2 is 1.57 bits per heavy atom. The summed E-state index contributed by atoms with van der Waals surface area (Å²) < 4.78 is 35.9. The number of rotatable bonds is 2. The van der Waals surface area contributed by atoms with E-state index in [0.29, 0.717) is 39.0 Å². The first-order chi connectivity index (χ1) is 10.9. The van der Waals surface area contributed by atoms with Crippen LogP contribution in [0.15, 0.2) is 24.3 Å². The van der Waals surface area contributed by atoms with Gasteiger partial charge in [0.2, 0.25) is 5.91 Å². The first-order valence-electron chi connectivity index (χ1n) is 7.94. The number of sulfone groups is 1. The summed E-state index contributed by atoms with van der Waals surface area (Å²) in [7, 11) is -2.94. The van der Waals surface area contributed by atoms with E-state index >= 15 is 0 Å². The van der Waals surface area contributed by atoms with Crippen LogP contribution in [0.25, 0.3) is 0 Å². The van der Waals surface area contributed by atoms with E-state index in [9.17, 15) is 17.6 Å². The number of nitrogens with zero attached hydrogens (tertiary/aromatic N) is 2. The molecule has 5 nitrogen and oxygen atoms in total. The lowest BCUT2D eigenvalue weighted by molar-refractivity contribution is -0.136. The Labute approximate surface area is 136 Å². The summed E-state index contributed by atoms with van der Waals surface area (Å²) in [6, 6.07) is 6.38. The predicted molar refractivity (Wildman–Crippen MR) is 86.6 cm³/mol. The number of carbonyl (C=O) groups is 1. The Kier molecular flexibility index (Phi) is 4.57. The Morgan fingerprint density at radius 3 is 2.13 bits per heavy atom. The molecule has 0 atom stereocenters. The molecule has 2 aliphatic heterocycles. The average molecular weight is 340 g/mol. The number of hydrogen-bond acceptors (Lipinski definition) is 4. The maximum Gasteiger partial charge on any atom is 0.225 e. The average Bonchev–Trinajstić information content (AvgIpc) is 2.55. The molecule has 0 radical (unpaired) electrons. The van der Waals surface area contributed by atoms with Gasteiger partial charge in [0.25, 0.3) is 0 Å². The molecule has 3 rings (SSSR count). The van der Waals surface area contributed by atoms with Gasteiger partial charge in [-0.15, -0.1) is 0 Å². The number of piperazine rings is 1. The van der Waals surface area contributed by atoms with Crippen molar-refractivity contribution in [3.05, 3.63) is 30.1 Å². The van der Waals surface area contributed by atoms with E-state index in [0.717, 1.165) is 5.69 Å². The third-order valence-electron chi connectivity index (χ3n) is 4.69. The molecule has 2 aliphatic rings. The fraction of sp³-hybridized carbons (Fsp3) is 0.562. The van der Waals surface area contributed by atoms with Gasteiger partial charge in [-0.1, -0.05) is 0 Å². The first kappa shape index (κ1) is 16.2. The number of anilines is 1. The minimum Gasteiger partial charge on any atom is -0.368 e. The third-order valence-corrected chi connectivity index (χ3v) is 6.40. The Bertz CT molecular complexity index is 653. The standard InChI is InChI=1S/C16H21FN2O3S/c17-14-1-3-15(4-2-14)18-7-9-19(10-8-18)16(20)13-5-11-23(21,22)12-6-13/h1-4,13H,5-12H2. The molecule has 0 saturated carbocycles. The second kappa shape index (κ2) is 6.47. The predicted octanol–water partition coefficient (Wildman–Crippen LogP) is 1.30. The van der Waals surface area contributed by atoms with Crippen LogP contribution in [0.5, 0.6) is 0 Å². The molecular formula is C16H21FN2O3S. The zero-order valence-corrected chi connectivity index (χ0v) is 13.8. The Morgan fingerprint density at radius 1 is 1.00 bits per heavy atom. The highest BCUT2D eigenvalue weighted by atomic mass is 32.2. The molecule has 1 aromatic carbocycles. The zero-order chi connectivity index (χ0) is 16.4. The number of benzene rings is 1. The Balaban J connectivity index is 1.54. The van der Waals surface area contributed by atoms with Gasteiger partial charge >= 0.3 is 0 Å². The maximum atomic E-state index is 13.0. The zero-order valence-electron chi connectivity index (χ0n) is 12.9. The van der Waals surface area contributed by atoms with Crippen molar-refractivity contribution in [2.75, 3.05) is 42.6 Å². The smallest absolute Gasteiger partial charge is 0.225 e. The van der Waals surface area contributed by atoms with Gasteiger partial charge in [0, 0.05) is 37.8 Å². The van der Waals surface area contributed by atoms with Gasteiger partial charge in [-0.2, -0.15) is 0 Å². The molecule has 7 heteroatoms. The van der Waals surface area contributed by atoms with Crippen LogP contribution in [-0.2, 0) is 14.6 Å². The summed E-state index contributed by atoms with van der Waals surface area (Å²) in [4.78, 5) is 16.5. The number of amides is 1. The second-order valence-electron chi connectivity index (χ2n) is 6.21. The molecule has 126 valence electrons. The van der Waals surface area contributed by atoms with Crippen molar-refractivity contribution in [1.29, 1.82) is 0 Å². The van der Waals surface area contributed by atoms with Crippen molar-refractivity contribution in [2.24, 2.45) is 5.92 Å². The van der Waals surface area contributed by atoms with Crippen LogP contribution in [0, 0.1) is 11.7 Å². The SMILES string of the molecule is O=C(C1CCS(=O)(=O)CC1)N1CCN(c2ccc(F)cc2)CC1. The summed E-state index contributed by atoms with van der Waals surface area (Å²) in [5.74, 6) is -0.0814. The van der Waals surface area contributed by atoms with E-state index < -0.39 is 9.84 Å². The van der Waals surface area contributed by atoms with Crippen LogP contribution in [0.4, 0.5) is 10.1 Å². The van der Waals surface area contributed by atoms with E-state index in [1.54, 1.807) is 12.1 Å². The summed E-state index contributed by atoms with van der Waals surface area (Å²) in [5.41, 5.74) is 0.960. The minimum absolute atomic E-state index is 0.0821. The van der Waals surface area contributed by atoms with Gasteiger partial charge in [0.05, 0.1) is 11.5 Å². The van der Waals surface area contributed by atoms with Crippen LogP contribution in [-0.4, -0.2) is 56.9 Å². The van der Waals surface area contributed by atoms with Gasteiger partial charge in [-0.3, -0.25) is 4.79 Å². The fourth-order valence-electron chi connectivity index (χ4n) is 3.23. The largest absolute Gasteiger partial charge is 0.368 e. The van der Waals surface area contributed by atoms with Crippen molar-refractivity contribution in [2.45, 2.75) is 12.8 Å². The van der Waals surface area contributed by atoms with Crippen LogP contribution < -0.4 is 4.90 Å². The van der Waals surface area contributed by atoms with Crippen molar-refractivity contribution in [3.63, 3.8) is 0 Å². The number of hydrogen-bond donors (Lipinski definition) is 0. The molecule has 0 aromatic heterocycles. The van der Waals surface area contributed by atoms with Crippen LogP contribution in [0.2, 0.25) is 0 Å². The van der Waals surface area contributed by atoms with Gasteiger partial charge in [0.15, 0.2) is 0 Å². The van der Waals surface area contributed by atoms with Gasteiger partial charge in [-0.05, 0) is 37.1 Å². The molecule has 0 spiro atoms. The molecule has 0 bridgehead atoms. The molecule has 0 N–H and O–H groups in total. The summed E-state index contributed by atoms with van der Waals surface area (Å²) >= 11 is 0. The van der Waals surface area contributed by atoms with Crippen LogP contribution >= 0.6 is 0 Å². The molecule has 0 aliphatic carbocycles.